The maximum Gasteiger partial charge on any atom is 0.407 e. The number of rotatable bonds is 2. The second-order valence-corrected chi connectivity index (χ2v) is 6.73. The molecule has 1 fully saturated rings. The van der Waals surface area contributed by atoms with Crippen molar-refractivity contribution < 1.29 is 22.7 Å². The van der Waals surface area contributed by atoms with Crippen LogP contribution in [0.3, 0.4) is 0 Å². The molecule has 1 saturated heterocycles. The van der Waals surface area contributed by atoms with Crippen molar-refractivity contribution in [3.8, 4) is 0 Å². The zero-order valence-electron chi connectivity index (χ0n) is 10.6. The van der Waals surface area contributed by atoms with Gasteiger partial charge in [-0.2, -0.15) is 0 Å². The van der Waals surface area contributed by atoms with Gasteiger partial charge in [-0.15, -0.1) is 0 Å². The SMILES string of the molecule is NS(=O)(=O)C1CC(c2ccc(F)cc2)CN(C(=O)O)C1. The highest BCUT2D eigenvalue weighted by Gasteiger charge is 2.36. The summed E-state index contributed by atoms with van der Waals surface area (Å²) in [5.74, 6) is -0.716. The Bertz CT molecular complexity index is 602. The van der Waals surface area contributed by atoms with E-state index in [2.05, 4.69) is 0 Å². The molecule has 1 aromatic rings. The van der Waals surface area contributed by atoms with Crippen LogP contribution in [0.1, 0.15) is 17.9 Å². The third-order valence-electron chi connectivity index (χ3n) is 3.49. The average Bonchev–Trinajstić information content (AvgIpc) is 2.38. The van der Waals surface area contributed by atoms with Crippen molar-refractivity contribution in [1.29, 1.82) is 0 Å². The smallest absolute Gasteiger partial charge is 0.407 e. The van der Waals surface area contributed by atoms with Crippen LogP contribution >= 0.6 is 0 Å². The monoisotopic (exact) mass is 302 g/mol. The minimum atomic E-state index is -3.82. The molecule has 2 unspecified atom stereocenters. The Morgan fingerprint density at radius 3 is 2.40 bits per heavy atom. The van der Waals surface area contributed by atoms with Gasteiger partial charge in [-0.1, -0.05) is 12.1 Å². The van der Waals surface area contributed by atoms with Gasteiger partial charge >= 0.3 is 6.09 Å². The first kappa shape index (κ1) is 14.7. The van der Waals surface area contributed by atoms with Crippen LogP contribution in [-0.4, -0.2) is 42.9 Å². The first-order valence-electron chi connectivity index (χ1n) is 6.02. The van der Waals surface area contributed by atoms with E-state index in [1.807, 2.05) is 0 Å². The molecule has 20 heavy (non-hydrogen) atoms. The first-order valence-corrected chi connectivity index (χ1v) is 7.63. The van der Waals surface area contributed by atoms with Gasteiger partial charge in [-0.3, -0.25) is 0 Å². The Morgan fingerprint density at radius 2 is 1.90 bits per heavy atom. The van der Waals surface area contributed by atoms with E-state index in [4.69, 9.17) is 10.2 Å². The molecule has 3 N–H and O–H groups in total. The van der Waals surface area contributed by atoms with Crippen molar-refractivity contribution in [2.45, 2.75) is 17.6 Å². The summed E-state index contributed by atoms with van der Waals surface area (Å²) in [5.41, 5.74) is 0.700. The number of hydrogen-bond acceptors (Lipinski definition) is 3. The molecule has 0 saturated carbocycles. The molecule has 1 amide bonds. The molecule has 0 aliphatic carbocycles. The van der Waals surface area contributed by atoms with Gasteiger partial charge in [0.05, 0.1) is 5.25 Å². The quantitative estimate of drug-likeness (QED) is 0.849. The minimum absolute atomic E-state index is 0.133. The van der Waals surface area contributed by atoms with Crippen LogP contribution in [0, 0.1) is 5.82 Å². The van der Waals surface area contributed by atoms with E-state index in [0.29, 0.717) is 5.56 Å². The van der Waals surface area contributed by atoms with E-state index in [1.165, 1.54) is 24.3 Å². The standard InChI is InChI=1S/C12H15FN2O4S/c13-10-3-1-8(2-4-10)9-5-11(20(14,18)19)7-15(6-9)12(16)17/h1-4,9,11H,5-7H2,(H,16,17)(H2,14,18,19). The van der Waals surface area contributed by atoms with Gasteiger partial charge in [-0.25, -0.2) is 22.7 Å². The van der Waals surface area contributed by atoms with Gasteiger partial charge in [0.15, 0.2) is 0 Å². The molecular weight excluding hydrogens is 287 g/mol. The fourth-order valence-corrected chi connectivity index (χ4v) is 3.31. The van der Waals surface area contributed by atoms with Crippen molar-refractivity contribution >= 4 is 16.1 Å². The number of carboxylic acid groups (broad SMARTS) is 1. The molecule has 1 aliphatic heterocycles. The van der Waals surface area contributed by atoms with E-state index in [1.54, 1.807) is 0 Å². The molecule has 2 rings (SSSR count). The lowest BCUT2D eigenvalue weighted by atomic mass is 9.90. The van der Waals surface area contributed by atoms with Gasteiger partial charge in [0, 0.05) is 19.0 Å². The zero-order valence-corrected chi connectivity index (χ0v) is 11.4. The highest BCUT2D eigenvalue weighted by atomic mass is 32.2. The number of benzene rings is 1. The number of hydrogen-bond donors (Lipinski definition) is 2. The number of likely N-dealkylation sites (tertiary alicyclic amines) is 1. The summed E-state index contributed by atoms with van der Waals surface area (Å²) >= 11 is 0. The fourth-order valence-electron chi connectivity index (χ4n) is 2.42. The van der Waals surface area contributed by atoms with Crippen LogP contribution in [0.15, 0.2) is 24.3 Å². The lowest BCUT2D eigenvalue weighted by Crippen LogP contribution is -2.49. The zero-order chi connectivity index (χ0) is 14.9. The molecular formula is C12H15FN2O4S. The van der Waals surface area contributed by atoms with Crippen LogP contribution in [0.4, 0.5) is 9.18 Å². The Kier molecular flexibility index (Phi) is 3.96. The van der Waals surface area contributed by atoms with Gasteiger partial charge < -0.3 is 10.0 Å². The molecule has 0 bridgehead atoms. The third-order valence-corrected chi connectivity index (χ3v) is 4.76. The number of nitrogens with two attached hydrogens (primary N) is 1. The van der Waals surface area contributed by atoms with Gasteiger partial charge in [0.25, 0.3) is 0 Å². The molecule has 110 valence electrons. The van der Waals surface area contributed by atoms with E-state index in [-0.39, 0.29) is 25.4 Å². The van der Waals surface area contributed by atoms with Gasteiger partial charge in [0.2, 0.25) is 10.0 Å². The number of piperidine rings is 1. The molecule has 2 atom stereocenters. The van der Waals surface area contributed by atoms with Crippen LogP contribution in [-0.2, 0) is 10.0 Å². The van der Waals surface area contributed by atoms with Crippen molar-refractivity contribution in [3.05, 3.63) is 35.6 Å². The number of nitrogens with zero attached hydrogens (tertiary/aromatic N) is 1. The molecule has 1 aliphatic rings. The van der Waals surface area contributed by atoms with Crippen molar-refractivity contribution in [2.75, 3.05) is 13.1 Å². The summed E-state index contributed by atoms with van der Waals surface area (Å²) in [6, 6.07) is 5.60. The molecule has 0 spiro atoms. The number of sulfonamides is 1. The number of carbonyl (C=O) groups is 1. The number of amides is 1. The van der Waals surface area contributed by atoms with Crippen LogP contribution in [0.25, 0.3) is 0 Å². The van der Waals surface area contributed by atoms with Crippen molar-refractivity contribution in [2.24, 2.45) is 5.14 Å². The summed E-state index contributed by atoms with van der Waals surface area (Å²) in [4.78, 5) is 12.1. The Balaban J connectivity index is 2.28. The molecule has 0 radical (unpaired) electrons. The average molecular weight is 302 g/mol. The predicted molar refractivity (Wildman–Crippen MR) is 70.3 cm³/mol. The van der Waals surface area contributed by atoms with E-state index < -0.39 is 27.2 Å². The van der Waals surface area contributed by atoms with Crippen molar-refractivity contribution in [3.63, 3.8) is 0 Å². The van der Waals surface area contributed by atoms with Crippen LogP contribution in [0.2, 0.25) is 0 Å². The highest BCUT2D eigenvalue weighted by molar-refractivity contribution is 7.89. The third kappa shape index (κ3) is 3.26. The molecule has 1 heterocycles. The van der Waals surface area contributed by atoms with E-state index >= 15 is 0 Å². The predicted octanol–water partition coefficient (Wildman–Crippen LogP) is 0.950. The number of halogens is 1. The second-order valence-electron chi connectivity index (χ2n) is 4.88. The second kappa shape index (κ2) is 5.37. The molecule has 8 heteroatoms. The summed E-state index contributed by atoms with van der Waals surface area (Å²) in [6.45, 7) is 0.0405. The maximum atomic E-state index is 12.9. The molecule has 0 aromatic heterocycles. The fraction of sp³-hybridized carbons (Fsp3) is 0.417. The van der Waals surface area contributed by atoms with Crippen molar-refractivity contribution in [1.82, 2.24) is 4.90 Å². The Morgan fingerprint density at radius 1 is 1.30 bits per heavy atom. The Hall–Kier alpha value is -1.67. The lowest BCUT2D eigenvalue weighted by molar-refractivity contribution is 0.131. The van der Waals surface area contributed by atoms with Crippen LogP contribution in [0.5, 0.6) is 0 Å². The first-order chi connectivity index (χ1) is 9.27. The normalized spacial score (nSPS) is 23.6. The highest BCUT2D eigenvalue weighted by Crippen LogP contribution is 2.29. The molecule has 6 nitrogen and oxygen atoms in total. The summed E-state index contributed by atoms with van der Waals surface area (Å²) in [6.07, 6.45) is -0.959. The number of primary sulfonamides is 1. The summed E-state index contributed by atoms with van der Waals surface area (Å²) < 4.78 is 35.9. The maximum absolute atomic E-state index is 12.9. The molecule has 1 aromatic carbocycles. The van der Waals surface area contributed by atoms with E-state index in [9.17, 15) is 17.6 Å². The Labute approximate surface area is 116 Å². The largest absolute Gasteiger partial charge is 0.465 e. The minimum Gasteiger partial charge on any atom is -0.465 e. The lowest BCUT2D eigenvalue weighted by Gasteiger charge is -2.35. The summed E-state index contributed by atoms with van der Waals surface area (Å²) in [5, 5.41) is 13.2. The van der Waals surface area contributed by atoms with Gasteiger partial charge in [-0.05, 0) is 24.1 Å². The van der Waals surface area contributed by atoms with E-state index in [0.717, 1.165) is 4.90 Å². The van der Waals surface area contributed by atoms with Gasteiger partial charge in [0.1, 0.15) is 5.82 Å². The topological polar surface area (TPSA) is 101 Å². The van der Waals surface area contributed by atoms with Crippen LogP contribution < -0.4 is 5.14 Å². The summed E-state index contributed by atoms with van der Waals surface area (Å²) in [7, 11) is -3.82.